The third-order valence-corrected chi connectivity index (χ3v) is 8.35. The van der Waals surface area contributed by atoms with Gasteiger partial charge >= 0.3 is 0 Å². The molecule has 0 heterocycles. The second kappa shape index (κ2) is 13.6. The highest BCUT2D eigenvalue weighted by Crippen LogP contribution is 2.45. The lowest BCUT2D eigenvalue weighted by Crippen LogP contribution is -2.12. The van der Waals surface area contributed by atoms with Gasteiger partial charge in [0.2, 0.25) is 5.91 Å². The third kappa shape index (κ3) is 8.65. The Morgan fingerprint density at radius 2 is 1.56 bits per heavy atom. The van der Waals surface area contributed by atoms with Crippen molar-refractivity contribution in [3.63, 3.8) is 0 Å². The molecule has 0 fully saturated rings. The van der Waals surface area contributed by atoms with E-state index in [-0.39, 0.29) is 22.9 Å². The molecule has 0 aliphatic heterocycles. The van der Waals surface area contributed by atoms with Crippen molar-refractivity contribution in [3.05, 3.63) is 48.5 Å². The Morgan fingerprint density at radius 1 is 0.897 bits per heavy atom. The summed E-state index contributed by atoms with van der Waals surface area (Å²) < 4.78 is 67.5. The van der Waals surface area contributed by atoms with Crippen LogP contribution in [-0.4, -0.2) is 42.7 Å². The first-order chi connectivity index (χ1) is 18.4. The highest BCUT2D eigenvalue weighted by Gasteiger charge is 2.26. The van der Waals surface area contributed by atoms with Crippen molar-refractivity contribution in [1.82, 2.24) is 0 Å². The largest absolute Gasteiger partial charge is 0.505 e. The maximum Gasteiger partial charge on any atom is 0.296 e. The second-order valence-corrected chi connectivity index (χ2v) is 12.8. The summed E-state index contributed by atoms with van der Waals surface area (Å²) in [7, 11) is -8.30. The number of anilines is 1. The lowest BCUT2D eigenvalue weighted by Gasteiger charge is -2.15. The molecule has 3 aromatic rings. The van der Waals surface area contributed by atoms with E-state index < -0.39 is 47.4 Å². The minimum Gasteiger partial charge on any atom is -0.505 e. The normalized spacial score (nSPS) is 12.3. The van der Waals surface area contributed by atoms with Crippen LogP contribution in [0.2, 0.25) is 0 Å². The van der Waals surface area contributed by atoms with Gasteiger partial charge in [-0.25, -0.2) is 0 Å². The number of thiol groups is 1. The Kier molecular flexibility index (Phi) is 10.7. The number of phenols is 1. The number of carbonyl (C=O) groups is 1. The number of fused-ring (bicyclic) bond motifs is 1. The molecule has 11 nitrogen and oxygen atoms in total. The van der Waals surface area contributed by atoms with Crippen molar-refractivity contribution in [2.75, 3.05) is 11.1 Å². The van der Waals surface area contributed by atoms with E-state index in [2.05, 4.69) is 27.2 Å². The Hall–Kier alpha value is -2.69. The molecule has 0 atom stereocenters. The standard InChI is InChI=1S/C24H27N3O8S4/c28-21(11-7-2-1-3-8-12-37-36)25-19-15-18(38(30,31)32)13-16-14-20(39(33,34)35)23(24(29)22(16)19)27-26-17-9-5-4-6-10-17/h4-6,9-10,13-15,29,36H,1-3,7-8,11-12H2,(H,25,28)(H,30,31,32)(H,33,34,35). The molecule has 210 valence electrons. The number of phenolic OH excluding ortho intramolecular Hbond substituents is 1. The minimum atomic E-state index is -4.98. The zero-order chi connectivity index (χ0) is 28.6. The predicted molar refractivity (Wildman–Crippen MR) is 154 cm³/mol. The van der Waals surface area contributed by atoms with Crippen LogP contribution in [-0.2, 0) is 25.0 Å². The van der Waals surface area contributed by atoms with Crippen LogP contribution in [0.5, 0.6) is 5.75 Å². The van der Waals surface area contributed by atoms with Crippen molar-refractivity contribution in [1.29, 1.82) is 0 Å². The van der Waals surface area contributed by atoms with Gasteiger partial charge in [0, 0.05) is 17.6 Å². The lowest BCUT2D eigenvalue weighted by atomic mass is 10.1. The first kappa shape index (κ1) is 30.8. The highest BCUT2D eigenvalue weighted by atomic mass is 33.1. The fourth-order valence-corrected chi connectivity index (χ4v) is 5.72. The molecule has 1 amide bonds. The van der Waals surface area contributed by atoms with Crippen LogP contribution in [0.15, 0.2) is 68.6 Å². The van der Waals surface area contributed by atoms with Gasteiger partial charge < -0.3 is 10.4 Å². The van der Waals surface area contributed by atoms with E-state index in [0.717, 1.165) is 49.6 Å². The molecule has 39 heavy (non-hydrogen) atoms. The number of benzene rings is 3. The van der Waals surface area contributed by atoms with Crippen LogP contribution in [0.1, 0.15) is 38.5 Å². The highest BCUT2D eigenvalue weighted by molar-refractivity contribution is 8.68. The van der Waals surface area contributed by atoms with Crippen LogP contribution in [0, 0.1) is 0 Å². The molecule has 0 saturated carbocycles. The lowest BCUT2D eigenvalue weighted by molar-refractivity contribution is -0.116. The van der Waals surface area contributed by atoms with Crippen LogP contribution in [0.25, 0.3) is 10.8 Å². The van der Waals surface area contributed by atoms with E-state index in [4.69, 9.17) is 0 Å². The average Bonchev–Trinajstić information content (AvgIpc) is 2.86. The molecule has 0 bridgehead atoms. The molecular formula is C24H27N3O8S4. The van der Waals surface area contributed by atoms with Crippen molar-refractivity contribution in [3.8, 4) is 5.75 Å². The summed E-state index contributed by atoms with van der Waals surface area (Å²) in [6.45, 7) is 0. The zero-order valence-corrected chi connectivity index (χ0v) is 23.9. The van der Waals surface area contributed by atoms with Crippen LogP contribution in [0.3, 0.4) is 0 Å². The van der Waals surface area contributed by atoms with Gasteiger partial charge in [0.1, 0.15) is 10.6 Å². The van der Waals surface area contributed by atoms with Crippen LogP contribution >= 0.6 is 22.5 Å². The minimum absolute atomic E-state index is 0.101. The molecule has 0 saturated heterocycles. The molecule has 0 unspecified atom stereocenters. The number of nitrogens with one attached hydrogen (secondary N) is 1. The van der Waals surface area contributed by atoms with Gasteiger partial charge in [0.25, 0.3) is 20.2 Å². The monoisotopic (exact) mass is 613 g/mol. The SMILES string of the molecule is O=C(CCCCCCCSS)Nc1cc(S(=O)(=O)O)cc2cc(S(=O)(=O)O)c(N=Nc3ccccc3)c(O)c12. The number of carbonyl (C=O) groups excluding carboxylic acids is 1. The number of rotatable bonds is 13. The summed E-state index contributed by atoms with van der Waals surface area (Å²) in [6.07, 6.45) is 4.40. The summed E-state index contributed by atoms with van der Waals surface area (Å²) in [5.74, 6) is -0.323. The number of hydrogen-bond acceptors (Lipinski definition) is 10. The molecule has 0 aromatic heterocycles. The summed E-state index contributed by atoms with van der Waals surface area (Å²) in [5.41, 5.74) is -0.507. The van der Waals surface area contributed by atoms with Gasteiger partial charge in [-0.1, -0.05) is 48.3 Å². The number of hydrogen-bond donors (Lipinski definition) is 5. The van der Waals surface area contributed by atoms with Crippen molar-refractivity contribution in [2.24, 2.45) is 10.2 Å². The van der Waals surface area contributed by atoms with Gasteiger partial charge in [0.05, 0.1) is 16.3 Å². The molecule has 4 N–H and O–H groups in total. The van der Waals surface area contributed by atoms with Gasteiger partial charge in [-0.3, -0.25) is 13.9 Å². The average molecular weight is 614 g/mol. The maximum absolute atomic E-state index is 12.7. The first-order valence-corrected chi connectivity index (χ1v) is 16.7. The number of aromatic hydroxyl groups is 1. The third-order valence-electron chi connectivity index (χ3n) is 5.63. The van der Waals surface area contributed by atoms with Crippen molar-refractivity contribution in [2.45, 2.75) is 48.3 Å². The predicted octanol–water partition coefficient (Wildman–Crippen LogP) is 6.31. The van der Waals surface area contributed by atoms with E-state index in [1.54, 1.807) is 30.3 Å². The summed E-state index contributed by atoms with van der Waals surface area (Å²) in [5, 5.41) is 21.0. The fraction of sp³-hybridized carbons (Fsp3) is 0.292. The van der Waals surface area contributed by atoms with Gasteiger partial charge in [-0.2, -0.15) is 21.9 Å². The van der Waals surface area contributed by atoms with Crippen molar-refractivity contribution < 1.29 is 35.8 Å². The maximum atomic E-state index is 12.7. The van der Waals surface area contributed by atoms with E-state index >= 15 is 0 Å². The number of amides is 1. The Bertz CT molecular complexity index is 1580. The Labute approximate surface area is 235 Å². The summed E-state index contributed by atoms with van der Waals surface area (Å²) >= 11 is 4.09. The van der Waals surface area contributed by atoms with Gasteiger partial charge in [-0.05, 0) is 48.6 Å². The van der Waals surface area contributed by atoms with Crippen LogP contribution < -0.4 is 5.32 Å². The molecule has 0 aliphatic carbocycles. The number of nitrogens with zero attached hydrogens (tertiary/aromatic N) is 2. The van der Waals surface area contributed by atoms with Crippen molar-refractivity contribution >= 4 is 76.4 Å². The molecule has 0 spiro atoms. The topological polar surface area (TPSA) is 183 Å². The molecular weight excluding hydrogens is 587 g/mol. The number of azo groups is 1. The zero-order valence-electron chi connectivity index (χ0n) is 20.5. The summed E-state index contributed by atoms with van der Waals surface area (Å²) in [6, 6.07) is 10.9. The molecule has 0 radical (unpaired) electrons. The first-order valence-electron chi connectivity index (χ1n) is 11.7. The smallest absolute Gasteiger partial charge is 0.296 e. The quantitative estimate of drug-likeness (QED) is 0.0484. The Morgan fingerprint density at radius 3 is 2.21 bits per heavy atom. The number of unbranched alkanes of at least 4 members (excludes halogenated alkanes) is 4. The van der Waals surface area contributed by atoms with Gasteiger partial charge in [-0.15, -0.1) is 16.8 Å². The molecule has 3 rings (SSSR count). The molecule has 0 aliphatic rings. The fourth-order valence-electron chi connectivity index (χ4n) is 3.80. The molecule has 15 heteroatoms. The van der Waals surface area contributed by atoms with E-state index in [9.17, 15) is 35.8 Å². The summed E-state index contributed by atoms with van der Waals surface area (Å²) in [4.78, 5) is 11.2. The van der Waals surface area contributed by atoms with E-state index in [1.165, 1.54) is 10.8 Å². The second-order valence-electron chi connectivity index (χ2n) is 8.53. The Balaban J connectivity index is 2.04. The van der Waals surface area contributed by atoms with E-state index in [0.29, 0.717) is 12.1 Å². The van der Waals surface area contributed by atoms with Gasteiger partial charge in [0.15, 0.2) is 5.75 Å². The molecule has 3 aromatic carbocycles. The van der Waals surface area contributed by atoms with Crippen LogP contribution in [0.4, 0.5) is 17.1 Å². The van der Waals surface area contributed by atoms with E-state index in [1.807, 2.05) is 0 Å².